The monoisotopic (exact) mass is 188 g/mol. The van der Waals surface area contributed by atoms with Crippen LogP contribution in [-0.4, -0.2) is 0 Å². The summed E-state index contributed by atoms with van der Waals surface area (Å²) in [6.07, 6.45) is 4.33. The second-order valence-electron chi connectivity index (χ2n) is 4.04. The molecule has 1 aromatic carbocycles. The summed E-state index contributed by atoms with van der Waals surface area (Å²) in [5.74, 6) is 0. The molecule has 0 aromatic heterocycles. The third kappa shape index (κ3) is 1.61. The van der Waals surface area contributed by atoms with Crippen LogP contribution >= 0.6 is 0 Å². The van der Waals surface area contributed by atoms with Crippen LogP contribution in [0.15, 0.2) is 6.08 Å². The zero-order valence-corrected chi connectivity index (χ0v) is 10.2. The van der Waals surface area contributed by atoms with Crippen LogP contribution in [0, 0.1) is 34.6 Å². The summed E-state index contributed by atoms with van der Waals surface area (Å²) in [5, 5.41) is 0. The van der Waals surface area contributed by atoms with Crippen LogP contribution in [0.4, 0.5) is 0 Å². The Labute approximate surface area is 87.7 Å². The van der Waals surface area contributed by atoms with E-state index < -0.39 is 0 Å². The number of rotatable bonds is 1. The molecular weight excluding hydrogens is 168 g/mol. The predicted octanol–water partition coefficient (Wildman–Crippen LogP) is 4.26. The Hall–Kier alpha value is -1.04. The fraction of sp³-hybridized carbons (Fsp3) is 0.429. The molecule has 0 bridgehead atoms. The van der Waals surface area contributed by atoms with Gasteiger partial charge in [-0.15, -0.1) is 0 Å². The number of allylic oxidation sites excluding steroid dienone is 1. The Balaban J connectivity index is 3.59. The zero-order valence-electron chi connectivity index (χ0n) is 10.2. The number of hydrogen-bond donors (Lipinski definition) is 0. The van der Waals surface area contributed by atoms with E-state index in [4.69, 9.17) is 0 Å². The van der Waals surface area contributed by atoms with Crippen molar-refractivity contribution >= 4 is 6.08 Å². The van der Waals surface area contributed by atoms with E-state index in [1.54, 1.807) is 0 Å². The van der Waals surface area contributed by atoms with Gasteiger partial charge < -0.3 is 0 Å². The maximum absolute atomic E-state index is 2.21. The van der Waals surface area contributed by atoms with Crippen molar-refractivity contribution in [2.45, 2.75) is 41.5 Å². The first-order valence-corrected chi connectivity index (χ1v) is 5.20. The van der Waals surface area contributed by atoms with Crippen molar-refractivity contribution in [1.82, 2.24) is 0 Å². The fourth-order valence-electron chi connectivity index (χ4n) is 1.95. The first kappa shape index (κ1) is 11.0. The van der Waals surface area contributed by atoms with Gasteiger partial charge >= 0.3 is 0 Å². The Bertz CT molecular complexity index is 353. The van der Waals surface area contributed by atoms with Crippen LogP contribution in [0.2, 0.25) is 0 Å². The summed E-state index contributed by atoms with van der Waals surface area (Å²) in [6.45, 7) is 13.1. The lowest BCUT2D eigenvalue weighted by Gasteiger charge is -2.16. The van der Waals surface area contributed by atoms with E-state index in [0.717, 1.165) is 0 Å². The van der Waals surface area contributed by atoms with Gasteiger partial charge in [0.2, 0.25) is 0 Å². The summed E-state index contributed by atoms with van der Waals surface area (Å²) < 4.78 is 0. The van der Waals surface area contributed by atoms with Crippen LogP contribution < -0.4 is 0 Å². The van der Waals surface area contributed by atoms with Crippen molar-refractivity contribution in [1.29, 1.82) is 0 Å². The summed E-state index contributed by atoms with van der Waals surface area (Å²) in [4.78, 5) is 0. The summed E-state index contributed by atoms with van der Waals surface area (Å²) in [5.41, 5.74) is 8.54. The summed E-state index contributed by atoms with van der Waals surface area (Å²) >= 11 is 0. The molecule has 0 aliphatic heterocycles. The highest BCUT2D eigenvalue weighted by molar-refractivity contribution is 5.63. The molecule has 1 rings (SSSR count). The highest BCUT2D eigenvalue weighted by Crippen LogP contribution is 2.26. The quantitative estimate of drug-likeness (QED) is 0.617. The number of hydrogen-bond acceptors (Lipinski definition) is 0. The molecule has 0 saturated carbocycles. The van der Waals surface area contributed by atoms with E-state index in [9.17, 15) is 0 Å². The molecule has 0 heterocycles. The maximum Gasteiger partial charge on any atom is -0.0196 e. The molecule has 14 heavy (non-hydrogen) atoms. The first-order chi connectivity index (χ1) is 6.50. The van der Waals surface area contributed by atoms with E-state index in [1.165, 1.54) is 33.4 Å². The van der Waals surface area contributed by atoms with Gasteiger partial charge in [0.15, 0.2) is 0 Å². The van der Waals surface area contributed by atoms with Crippen molar-refractivity contribution in [2.24, 2.45) is 0 Å². The molecule has 1 aromatic rings. The average molecular weight is 188 g/mol. The van der Waals surface area contributed by atoms with Crippen molar-refractivity contribution in [3.8, 4) is 0 Å². The van der Waals surface area contributed by atoms with E-state index in [0.29, 0.717) is 0 Å². The van der Waals surface area contributed by atoms with Gasteiger partial charge in [0.05, 0.1) is 0 Å². The summed E-state index contributed by atoms with van der Waals surface area (Å²) in [6, 6.07) is 0. The van der Waals surface area contributed by atoms with Gasteiger partial charge in [0, 0.05) is 0 Å². The van der Waals surface area contributed by atoms with Crippen molar-refractivity contribution in [3.05, 3.63) is 39.5 Å². The molecule has 76 valence electrons. The molecule has 0 saturated heterocycles. The van der Waals surface area contributed by atoms with Crippen molar-refractivity contribution in [2.75, 3.05) is 0 Å². The molecule has 0 fully saturated rings. The van der Waals surface area contributed by atoms with Gasteiger partial charge in [-0.2, -0.15) is 0 Å². The second kappa shape index (κ2) is 4.00. The van der Waals surface area contributed by atoms with Crippen LogP contribution in [0.1, 0.15) is 40.3 Å². The van der Waals surface area contributed by atoms with Crippen LogP contribution in [-0.2, 0) is 0 Å². The Kier molecular flexibility index (Phi) is 3.15. The first-order valence-electron chi connectivity index (χ1n) is 5.20. The van der Waals surface area contributed by atoms with Gasteiger partial charge in [0.1, 0.15) is 0 Å². The minimum Gasteiger partial charge on any atom is -0.0870 e. The molecule has 0 N–H and O–H groups in total. The molecule has 0 nitrogen and oxygen atoms in total. The Morgan fingerprint density at radius 2 is 1.00 bits per heavy atom. The van der Waals surface area contributed by atoms with Crippen molar-refractivity contribution in [3.63, 3.8) is 0 Å². The minimum atomic E-state index is 1.40. The van der Waals surface area contributed by atoms with Gasteiger partial charge in [-0.3, -0.25) is 0 Å². The summed E-state index contributed by atoms with van der Waals surface area (Å²) in [7, 11) is 0. The zero-order chi connectivity index (χ0) is 10.9. The smallest absolute Gasteiger partial charge is 0.0196 e. The molecule has 0 atom stereocenters. The molecule has 0 unspecified atom stereocenters. The van der Waals surface area contributed by atoms with Crippen molar-refractivity contribution < 1.29 is 0 Å². The van der Waals surface area contributed by atoms with E-state index in [-0.39, 0.29) is 0 Å². The molecule has 0 spiro atoms. The average Bonchev–Trinajstić information content (AvgIpc) is 2.19. The van der Waals surface area contributed by atoms with E-state index >= 15 is 0 Å². The van der Waals surface area contributed by atoms with E-state index in [1.807, 2.05) is 0 Å². The van der Waals surface area contributed by atoms with Crippen LogP contribution in [0.25, 0.3) is 6.08 Å². The largest absolute Gasteiger partial charge is 0.0870 e. The number of benzene rings is 1. The molecule has 0 aliphatic rings. The molecule has 0 aliphatic carbocycles. The van der Waals surface area contributed by atoms with Gasteiger partial charge in [-0.25, -0.2) is 0 Å². The normalized spacial score (nSPS) is 11.3. The lowest BCUT2D eigenvalue weighted by atomic mass is 9.89. The third-order valence-corrected chi connectivity index (χ3v) is 3.39. The fourth-order valence-corrected chi connectivity index (χ4v) is 1.95. The lowest BCUT2D eigenvalue weighted by molar-refractivity contribution is 1.16. The highest BCUT2D eigenvalue weighted by Gasteiger charge is 2.09. The SMILES string of the molecule is C/C=C\c1c(C)c(C)c(C)c(C)c1C. The molecular formula is C14H20. The minimum absolute atomic E-state index is 1.40. The molecule has 0 radical (unpaired) electrons. The lowest BCUT2D eigenvalue weighted by Crippen LogP contribution is -1.98. The van der Waals surface area contributed by atoms with Gasteiger partial charge in [0.25, 0.3) is 0 Å². The van der Waals surface area contributed by atoms with Gasteiger partial charge in [-0.1, -0.05) is 12.2 Å². The predicted molar refractivity (Wildman–Crippen MR) is 64.8 cm³/mol. The van der Waals surface area contributed by atoms with E-state index in [2.05, 4.69) is 53.7 Å². The molecule has 0 heteroatoms. The standard InChI is InChI=1S/C14H20/c1-7-8-14-12(5)10(3)9(2)11(4)13(14)6/h7-8H,1-6H3/b8-7-. The topological polar surface area (TPSA) is 0 Å². The maximum atomic E-state index is 2.21. The van der Waals surface area contributed by atoms with Crippen LogP contribution in [0.5, 0.6) is 0 Å². The molecule has 0 amide bonds. The van der Waals surface area contributed by atoms with Crippen LogP contribution in [0.3, 0.4) is 0 Å². The highest BCUT2D eigenvalue weighted by atomic mass is 14.1. The Morgan fingerprint density at radius 3 is 1.36 bits per heavy atom. The van der Waals surface area contributed by atoms with Gasteiger partial charge in [-0.05, 0) is 74.9 Å². The second-order valence-corrected chi connectivity index (χ2v) is 4.04. The Morgan fingerprint density at radius 1 is 0.643 bits per heavy atom. The third-order valence-electron chi connectivity index (χ3n) is 3.39.